The minimum Gasteiger partial charge on any atom is -0.336 e. The summed E-state index contributed by atoms with van der Waals surface area (Å²) in [4.78, 5) is 18.9. The molecule has 1 saturated heterocycles. The van der Waals surface area contributed by atoms with Gasteiger partial charge in [-0.2, -0.15) is 0 Å². The van der Waals surface area contributed by atoms with Crippen LogP contribution in [0.25, 0.3) is 10.9 Å². The van der Waals surface area contributed by atoms with Crippen LogP contribution in [0.5, 0.6) is 0 Å². The fourth-order valence-corrected chi connectivity index (χ4v) is 2.58. The number of rotatable bonds is 1. The molecule has 2 aromatic rings. The number of nitrogens with one attached hydrogen (secondary N) is 1. The lowest BCUT2D eigenvalue weighted by molar-refractivity contribution is 0.0711. The maximum absolute atomic E-state index is 12.6. The number of carbonyl (C=O) groups is 1. The van der Waals surface area contributed by atoms with E-state index in [0.717, 1.165) is 36.1 Å². The summed E-state index contributed by atoms with van der Waals surface area (Å²) in [5.41, 5.74) is 1.62. The van der Waals surface area contributed by atoms with Crippen molar-refractivity contribution in [1.29, 1.82) is 0 Å². The van der Waals surface area contributed by atoms with Crippen LogP contribution in [0.1, 0.15) is 17.3 Å². The van der Waals surface area contributed by atoms with Crippen molar-refractivity contribution < 1.29 is 4.79 Å². The van der Waals surface area contributed by atoms with Gasteiger partial charge < -0.3 is 10.2 Å². The van der Waals surface area contributed by atoms with E-state index in [1.54, 1.807) is 6.20 Å². The number of piperazine rings is 1. The van der Waals surface area contributed by atoms with Gasteiger partial charge >= 0.3 is 0 Å². The topological polar surface area (TPSA) is 45.2 Å². The molecule has 0 spiro atoms. The van der Waals surface area contributed by atoms with Crippen molar-refractivity contribution in [3.05, 3.63) is 42.1 Å². The van der Waals surface area contributed by atoms with Gasteiger partial charge in [-0.3, -0.25) is 9.78 Å². The van der Waals surface area contributed by atoms with Gasteiger partial charge in [-0.05, 0) is 25.1 Å². The largest absolute Gasteiger partial charge is 0.336 e. The third kappa shape index (κ3) is 2.31. The van der Waals surface area contributed by atoms with E-state index in [4.69, 9.17) is 0 Å². The average Bonchev–Trinajstić information content (AvgIpc) is 2.46. The Bertz CT molecular complexity index is 606. The SMILES string of the molecule is CC1CN(C(=O)c2cccc3ncccc23)CCN1. The van der Waals surface area contributed by atoms with Crippen molar-refractivity contribution in [2.24, 2.45) is 0 Å². The molecule has 1 fully saturated rings. The zero-order valence-electron chi connectivity index (χ0n) is 11.0. The Morgan fingerprint density at radius 2 is 2.26 bits per heavy atom. The molecule has 3 rings (SSSR count). The van der Waals surface area contributed by atoms with Crippen molar-refractivity contribution in [2.75, 3.05) is 19.6 Å². The van der Waals surface area contributed by atoms with Gasteiger partial charge in [0.25, 0.3) is 5.91 Å². The molecule has 0 saturated carbocycles. The van der Waals surface area contributed by atoms with Gasteiger partial charge in [-0.15, -0.1) is 0 Å². The van der Waals surface area contributed by atoms with E-state index < -0.39 is 0 Å². The van der Waals surface area contributed by atoms with Crippen molar-refractivity contribution in [3.63, 3.8) is 0 Å². The molecule has 1 aliphatic rings. The minimum atomic E-state index is 0.104. The molecule has 1 aromatic heterocycles. The van der Waals surface area contributed by atoms with E-state index in [0.29, 0.717) is 6.04 Å². The standard InChI is InChI=1S/C15H17N3O/c1-11-10-18(9-8-16-11)15(19)13-4-2-6-14-12(13)5-3-7-17-14/h2-7,11,16H,8-10H2,1H3. The lowest BCUT2D eigenvalue weighted by Gasteiger charge is -2.32. The maximum atomic E-state index is 12.6. The van der Waals surface area contributed by atoms with Gasteiger partial charge in [0.05, 0.1) is 5.52 Å². The first kappa shape index (κ1) is 12.1. The zero-order valence-corrected chi connectivity index (χ0v) is 11.0. The van der Waals surface area contributed by atoms with E-state index in [-0.39, 0.29) is 5.91 Å². The molecule has 4 nitrogen and oxygen atoms in total. The molecule has 4 heteroatoms. The Morgan fingerprint density at radius 1 is 1.37 bits per heavy atom. The average molecular weight is 255 g/mol. The van der Waals surface area contributed by atoms with E-state index >= 15 is 0 Å². The first-order valence-electron chi connectivity index (χ1n) is 6.62. The number of fused-ring (bicyclic) bond motifs is 1. The number of hydrogen-bond acceptors (Lipinski definition) is 3. The van der Waals surface area contributed by atoms with Gasteiger partial charge in [-0.25, -0.2) is 0 Å². The highest BCUT2D eigenvalue weighted by Gasteiger charge is 2.22. The Labute approximate surface area is 112 Å². The molecular weight excluding hydrogens is 238 g/mol. The first-order chi connectivity index (χ1) is 9.25. The zero-order chi connectivity index (χ0) is 13.2. The van der Waals surface area contributed by atoms with Crippen LogP contribution in [0.4, 0.5) is 0 Å². The predicted molar refractivity (Wildman–Crippen MR) is 75.1 cm³/mol. The normalized spacial score (nSPS) is 19.6. The number of pyridine rings is 1. The fraction of sp³-hybridized carbons (Fsp3) is 0.333. The van der Waals surface area contributed by atoms with Crippen molar-refractivity contribution >= 4 is 16.8 Å². The van der Waals surface area contributed by atoms with Gasteiger partial charge in [0, 0.05) is 42.8 Å². The third-order valence-electron chi connectivity index (χ3n) is 3.53. The summed E-state index contributed by atoms with van der Waals surface area (Å²) in [6.07, 6.45) is 1.75. The molecule has 1 amide bonds. The molecule has 0 aliphatic carbocycles. The van der Waals surface area contributed by atoms with Gasteiger partial charge in [0.2, 0.25) is 0 Å². The summed E-state index contributed by atoms with van der Waals surface area (Å²) in [6.45, 7) is 4.48. The highest BCUT2D eigenvalue weighted by Crippen LogP contribution is 2.18. The Hall–Kier alpha value is -1.94. The van der Waals surface area contributed by atoms with Crippen LogP contribution in [-0.2, 0) is 0 Å². The van der Waals surface area contributed by atoms with Gasteiger partial charge in [0.1, 0.15) is 0 Å². The quantitative estimate of drug-likeness (QED) is 0.843. The van der Waals surface area contributed by atoms with Gasteiger partial charge in [-0.1, -0.05) is 12.1 Å². The molecule has 1 atom stereocenters. The van der Waals surface area contributed by atoms with Gasteiger partial charge in [0.15, 0.2) is 0 Å². The highest BCUT2D eigenvalue weighted by molar-refractivity contribution is 6.06. The second-order valence-electron chi connectivity index (χ2n) is 4.98. The van der Waals surface area contributed by atoms with E-state index in [2.05, 4.69) is 17.2 Å². The summed E-state index contributed by atoms with van der Waals surface area (Å²) in [6, 6.07) is 9.91. The van der Waals surface area contributed by atoms with Crippen molar-refractivity contribution in [3.8, 4) is 0 Å². The number of benzene rings is 1. The van der Waals surface area contributed by atoms with E-state index in [9.17, 15) is 4.79 Å². The number of amides is 1. The molecule has 1 unspecified atom stereocenters. The Morgan fingerprint density at radius 3 is 3.11 bits per heavy atom. The molecular formula is C15H17N3O. The van der Waals surface area contributed by atoms with E-state index in [1.165, 1.54) is 0 Å². The molecule has 1 N–H and O–H groups in total. The van der Waals surface area contributed by atoms with Crippen LogP contribution in [-0.4, -0.2) is 41.5 Å². The number of carbonyl (C=O) groups excluding carboxylic acids is 1. The summed E-state index contributed by atoms with van der Waals surface area (Å²) in [7, 11) is 0. The monoisotopic (exact) mass is 255 g/mol. The number of aromatic nitrogens is 1. The minimum absolute atomic E-state index is 0.104. The summed E-state index contributed by atoms with van der Waals surface area (Å²) >= 11 is 0. The molecule has 1 aliphatic heterocycles. The summed E-state index contributed by atoms with van der Waals surface area (Å²) in [5.74, 6) is 0.104. The molecule has 0 bridgehead atoms. The highest BCUT2D eigenvalue weighted by atomic mass is 16.2. The molecule has 1 aromatic carbocycles. The number of nitrogens with zero attached hydrogens (tertiary/aromatic N) is 2. The lowest BCUT2D eigenvalue weighted by atomic mass is 10.1. The molecule has 98 valence electrons. The second kappa shape index (κ2) is 4.97. The van der Waals surface area contributed by atoms with Crippen molar-refractivity contribution in [2.45, 2.75) is 13.0 Å². The number of hydrogen-bond donors (Lipinski definition) is 1. The fourth-order valence-electron chi connectivity index (χ4n) is 2.58. The summed E-state index contributed by atoms with van der Waals surface area (Å²) in [5, 5.41) is 4.28. The lowest BCUT2D eigenvalue weighted by Crippen LogP contribution is -2.51. The first-order valence-corrected chi connectivity index (χ1v) is 6.62. The molecule has 2 heterocycles. The molecule has 0 radical (unpaired) electrons. The Kier molecular flexibility index (Phi) is 3.17. The van der Waals surface area contributed by atoms with Crippen LogP contribution in [0.2, 0.25) is 0 Å². The Balaban J connectivity index is 1.97. The predicted octanol–water partition coefficient (Wildman–Crippen LogP) is 1.67. The van der Waals surface area contributed by atoms with Crippen LogP contribution >= 0.6 is 0 Å². The second-order valence-corrected chi connectivity index (χ2v) is 4.98. The smallest absolute Gasteiger partial charge is 0.254 e. The van der Waals surface area contributed by atoms with Crippen LogP contribution in [0, 0.1) is 0 Å². The van der Waals surface area contributed by atoms with Crippen molar-refractivity contribution in [1.82, 2.24) is 15.2 Å². The summed E-state index contributed by atoms with van der Waals surface area (Å²) < 4.78 is 0. The maximum Gasteiger partial charge on any atom is 0.254 e. The van der Waals surface area contributed by atoms with Crippen LogP contribution in [0.3, 0.4) is 0 Å². The van der Waals surface area contributed by atoms with Crippen LogP contribution in [0.15, 0.2) is 36.5 Å². The molecule has 19 heavy (non-hydrogen) atoms. The van der Waals surface area contributed by atoms with E-state index in [1.807, 2.05) is 35.2 Å². The third-order valence-corrected chi connectivity index (χ3v) is 3.53. The van der Waals surface area contributed by atoms with Crippen LogP contribution < -0.4 is 5.32 Å².